The molecule has 1 aromatic carbocycles. The van der Waals surface area contributed by atoms with Crippen molar-refractivity contribution >= 4 is 24.0 Å². The summed E-state index contributed by atoms with van der Waals surface area (Å²) in [6.07, 6.45) is 0. The van der Waals surface area contributed by atoms with Gasteiger partial charge in [-0.05, 0) is 12.1 Å². The molecular weight excluding hydrogens is 228 g/mol. The molecule has 0 aromatic heterocycles. The molecule has 1 heterocycles. The monoisotopic (exact) mass is 242 g/mol. The summed E-state index contributed by atoms with van der Waals surface area (Å²) in [4.78, 5) is 11.6. The Morgan fingerprint density at radius 1 is 1.50 bits per heavy atom. The Bertz CT molecular complexity index is 367. The number of ether oxygens (including phenoxy) is 1. The smallest absolute Gasteiger partial charge is 0.230 e. The van der Waals surface area contributed by atoms with Crippen molar-refractivity contribution in [2.24, 2.45) is 5.92 Å². The van der Waals surface area contributed by atoms with Gasteiger partial charge in [-0.2, -0.15) is 0 Å². The summed E-state index contributed by atoms with van der Waals surface area (Å²) in [5.74, 6) is 0.928. The highest BCUT2D eigenvalue weighted by atomic mass is 35.5. The van der Waals surface area contributed by atoms with Crippen LogP contribution in [0.15, 0.2) is 24.3 Å². The Morgan fingerprint density at radius 2 is 2.25 bits per heavy atom. The predicted molar refractivity (Wildman–Crippen MR) is 65.2 cm³/mol. The number of hydrogen-bond donors (Lipinski definition) is 2. The fraction of sp³-hybridized carbons (Fsp3) is 0.364. The van der Waals surface area contributed by atoms with E-state index < -0.39 is 0 Å². The van der Waals surface area contributed by atoms with E-state index in [-0.39, 0.29) is 24.2 Å². The maximum absolute atomic E-state index is 11.6. The summed E-state index contributed by atoms with van der Waals surface area (Å²) in [6.45, 7) is 1.55. The largest absolute Gasteiger partial charge is 0.497 e. The lowest BCUT2D eigenvalue weighted by Crippen LogP contribution is -2.48. The number of hydrogen-bond acceptors (Lipinski definition) is 3. The average Bonchev–Trinajstić information content (AvgIpc) is 2.15. The van der Waals surface area contributed by atoms with Gasteiger partial charge in [0.1, 0.15) is 5.75 Å². The Hall–Kier alpha value is -1.26. The lowest BCUT2D eigenvalue weighted by atomic mass is 10.0. The van der Waals surface area contributed by atoms with Gasteiger partial charge in [0, 0.05) is 24.8 Å². The molecule has 1 saturated heterocycles. The molecule has 1 amide bonds. The van der Waals surface area contributed by atoms with Crippen LogP contribution in [0.1, 0.15) is 0 Å². The van der Waals surface area contributed by atoms with Crippen LogP contribution in [0.25, 0.3) is 0 Å². The van der Waals surface area contributed by atoms with Gasteiger partial charge in [-0.15, -0.1) is 12.4 Å². The first-order valence-corrected chi connectivity index (χ1v) is 4.95. The first kappa shape index (κ1) is 12.8. The first-order chi connectivity index (χ1) is 7.29. The van der Waals surface area contributed by atoms with Gasteiger partial charge in [0.15, 0.2) is 0 Å². The second-order valence-electron chi connectivity index (χ2n) is 3.58. The van der Waals surface area contributed by atoms with Gasteiger partial charge >= 0.3 is 0 Å². The molecule has 0 saturated carbocycles. The number of methoxy groups -OCH3 is 1. The van der Waals surface area contributed by atoms with Crippen molar-refractivity contribution in [1.82, 2.24) is 5.32 Å². The van der Waals surface area contributed by atoms with E-state index in [9.17, 15) is 4.79 Å². The van der Waals surface area contributed by atoms with Crippen LogP contribution in [0.5, 0.6) is 5.75 Å². The zero-order valence-electron chi connectivity index (χ0n) is 9.03. The van der Waals surface area contributed by atoms with E-state index in [2.05, 4.69) is 10.6 Å². The highest BCUT2D eigenvalue weighted by Crippen LogP contribution is 2.17. The second kappa shape index (κ2) is 5.72. The minimum atomic E-state index is 0. The van der Waals surface area contributed by atoms with E-state index in [1.807, 2.05) is 24.3 Å². The van der Waals surface area contributed by atoms with Crippen LogP contribution in [0, 0.1) is 5.92 Å². The van der Waals surface area contributed by atoms with E-state index in [1.165, 1.54) is 0 Å². The number of nitrogens with one attached hydrogen (secondary N) is 2. The normalized spacial score (nSPS) is 14.6. The predicted octanol–water partition coefficient (Wildman–Crippen LogP) is 1.27. The number of carbonyl (C=O) groups is 1. The number of benzene rings is 1. The molecule has 0 spiro atoms. The third-order valence-electron chi connectivity index (χ3n) is 2.49. The number of anilines is 1. The average molecular weight is 243 g/mol. The topological polar surface area (TPSA) is 50.4 Å². The molecule has 4 nitrogen and oxygen atoms in total. The number of carbonyl (C=O) groups excluding carboxylic acids is 1. The summed E-state index contributed by atoms with van der Waals surface area (Å²) >= 11 is 0. The van der Waals surface area contributed by atoms with Crippen molar-refractivity contribution in [2.45, 2.75) is 0 Å². The van der Waals surface area contributed by atoms with Gasteiger partial charge < -0.3 is 15.4 Å². The van der Waals surface area contributed by atoms with Crippen LogP contribution >= 0.6 is 12.4 Å². The molecule has 1 aliphatic heterocycles. The van der Waals surface area contributed by atoms with E-state index in [0.717, 1.165) is 24.5 Å². The van der Waals surface area contributed by atoms with Crippen molar-refractivity contribution < 1.29 is 9.53 Å². The zero-order valence-corrected chi connectivity index (χ0v) is 9.84. The summed E-state index contributed by atoms with van der Waals surface area (Å²) < 4.78 is 5.07. The number of rotatable bonds is 3. The molecule has 0 atom stereocenters. The van der Waals surface area contributed by atoms with E-state index in [4.69, 9.17) is 4.74 Å². The lowest BCUT2D eigenvalue weighted by Gasteiger charge is -2.25. The third-order valence-corrected chi connectivity index (χ3v) is 2.49. The maximum Gasteiger partial charge on any atom is 0.230 e. The van der Waals surface area contributed by atoms with Gasteiger partial charge in [0.25, 0.3) is 0 Å². The minimum absolute atomic E-state index is 0. The van der Waals surface area contributed by atoms with Gasteiger partial charge in [-0.3, -0.25) is 4.79 Å². The quantitative estimate of drug-likeness (QED) is 0.840. The van der Waals surface area contributed by atoms with E-state index in [1.54, 1.807) is 7.11 Å². The standard InChI is InChI=1S/C11H14N2O2.ClH/c1-15-10-4-2-3-9(5-10)13-11(14)8-6-12-7-8;/h2-5,8,12H,6-7H2,1H3,(H,13,14);1H. The van der Waals surface area contributed by atoms with Crippen LogP contribution in [-0.4, -0.2) is 26.1 Å². The molecule has 2 N–H and O–H groups in total. The highest BCUT2D eigenvalue weighted by molar-refractivity contribution is 5.93. The molecule has 88 valence electrons. The van der Waals surface area contributed by atoms with Crippen molar-refractivity contribution in [3.63, 3.8) is 0 Å². The Labute approximate surface area is 101 Å². The molecule has 1 aliphatic rings. The summed E-state index contributed by atoms with van der Waals surface area (Å²) in [7, 11) is 1.61. The molecule has 1 fully saturated rings. The molecule has 0 bridgehead atoms. The van der Waals surface area contributed by atoms with Gasteiger partial charge in [0.2, 0.25) is 5.91 Å². The van der Waals surface area contributed by atoms with Crippen LogP contribution < -0.4 is 15.4 Å². The van der Waals surface area contributed by atoms with Gasteiger partial charge in [-0.1, -0.05) is 6.07 Å². The summed E-state index contributed by atoms with van der Waals surface area (Å²) in [5.41, 5.74) is 0.784. The van der Waals surface area contributed by atoms with Crippen LogP contribution in [0.4, 0.5) is 5.69 Å². The first-order valence-electron chi connectivity index (χ1n) is 4.95. The van der Waals surface area contributed by atoms with E-state index >= 15 is 0 Å². The Kier molecular flexibility index (Phi) is 4.58. The molecule has 0 radical (unpaired) electrons. The summed E-state index contributed by atoms with van der Waals surface area (Å²) in [5, 5.41) is 5.92. The molecule has 2 rings (SSSR count). The molecule has 0 aliphatic carbocycles. The van der Waals surface area contributed by atoms with Crippen molar-refractivity contribution in [1.29, 1.82) is 0 Å². The van der Waals surface area contributed by atoms with Crippen molar-refractivity contribution in [3.05, 3.63) is 24.3 Å². The fourth-order valence-corrected chi connectivity index (χ4v) is 1.42. The Balaban J connectivity index is 0.00000128. The Morgan fingerprint density at radius 3 is 2.81 bits per heavy atom. The fourth-order valence-electron chi connectivity index (χ4n) is 1.42. The molecule has 0 unspecified atom stereocenters. The second-order valence-corrected chi connectivity index (χ2v) is 3.58. The minimum Gasteiger partial charge on any atom is -0.497 e. The molecular formula is C11H15ClN2O2. The molecule has 1 aromatic rings. The number of amides is 1. The maximum atomic E-state index is 11.6. The zero-order chi connectivity index (χ0) is 10.7. The van der Waals surface area contributed by atoms with Gasteiger partial charge in [0.05, 0.1) is 13.0 Å². The van der Waals surface area contributed by atoms with Crippen LogP contribution in [0.3, 0.4) is 0 Å². The summed E-state index contributed by atoms with van der Waals surface area (Å²) in [6, 6.07) is 7.37. The third kappa shape index (κ3) is 2.87. The van der Waals surface area contributed by atoms with Crippen molar-refractivity contribution in [2.75, 3.05) is 25.5 Å². The van der Waals surface area contributed by atoms with Crippen molar-refractivity contribution in [3.8, 4) is 5.75 Å². The van der Waals surface area contributed by atoms with Gasteiger partial charge in [-0.25, -0.2) is 0 Å². The van der Waals surface area contributed by atoms with Crippen LogP contribution in [-0.2, 0) is 4.79 Å². The van der Waals surface area contributed by atoms with Crippen LogP contribution in [0.2, 0.25) is 0 Å². The number of halogens is 1. The lowest BCUT2D eigenvalue weighted by molar-refractivity contribution is -0.121. The molecule has 5 heteroatoms. The molecule has 16 heavy (non-hydrogen) atoms. The SMILES string of the molecule is COc1cccc(NC(=O)C2CNC2)c1.Cl. The highest BCUT2D eigenvalue weighted by Gasteiger charge is 2.24. The van der Waals surface area contributed by atoms with E-state index in [0.29, 0.717) is 0 Å².